The third-order valence-electron chi connectivity index (χ3n) is 3.76. The number of hydrogen-bond acceptors (Lipinski definition) is 2. The van der Waals surface area contributed by atoms with Gasteiger partial charge in [0.1, 0.15) is 5.78 Å². The van der Waals surface area contributed by atoms with Gasteiger partial charge < -0.3 is 5.32 Å². The van der Waals surface area contributed by atoms with Gasteiger partial charge in [0.15, 0.2) is 0 Å². The first-order valence-electron chi connectivity index (χ1n) is 5.47. The van der Waals surface area contributed by atoms with Crippen LogP contribution in [0.5, 0.6) is 0 Å². The first-order valence-corrected chi connectivity index (χ1v) is 5.47. The summed E-state index contributed by atoms with van der Waals surface area (Å²) in [4.78, 5) is 11.2. The van der Waals surface area contributed by atoms with E-state index in [9.17, 15) is 4.79 Å². The van der Waals surface area contributed by atoms with E-state index in [4.69, 9.17) is 0 Å². The highest BCUT2D eigenvalue weighted by Crippen LogP contribution is 2.36. The maximum absolute atomic E-state index is 11.2. The minimum absolute atomic E-state index is 0. The molecule has 0 bridgehead atoms. The summed E-state index contributed by atoms with van der Waals surface area (Å²) in [7, 11) is 0. The van der Waals surface area contributed by atoms with E-state index in [0.717, 1.165) is 12.3 Å². The molecule has 1 N–H and O–H groups in total. The van der Waals surface area contributed by atoms with Crippen LogP contribution in [0.1, 0.15) is 45.4 Å². The van der Waals surface area contributed by atoms with Crippen LogP contribution in [0.15, 0.2) is 0 Å². The number of nitrogens with one attached hydrogen (secondary N) is 1. The summed E-state index contributed by atoms with van der Waals surface area (Å²) in [5.41, 5.74) is 0.136. The van der Waals surface area contributed by atoms with Crippen LogP contribution in [0, 0.1) is 5.92 Å². The fourth-order valence-corrected chi connectivity index (χ4v) is 2.86. The van der Waals surface area contributed by atoms with Gasteiger partial charge in [0.25, 0.3) is 0 Å². The van der Waals surface area contributed by atoms with E-state index in [1.54, 1.807) is 0 Å². The Kier molecular flexibility index (Phi) is 3.96. The monoisotopic (exact) mass is 217 g/mol. The van der Waals surface area contributed by atoms with Crippen molar-refractivity contribution in [1.29, 1.82) is 0 Å². The summed E-state index contributed by atoms with van der Waals surface area (Å²) >= 11 is 0. The van der Waals surface area contributed by atoms with Crippen molar-refractivity contribution >= 4 is 18.2 Å². The Hall–Kier alpha value is -0.0800. The second kappa shape index (κ2) is 4.63. The highest BCUT2D eigenvalue weighted by atomic mass is 35.5. The molecule has 82 valence electrons. The van der Waals surface area contributed by atoms with Gasteiger partial charge in [-0.25, -0.2) is 0 Å². The molecule has 0 amide bonds. The van der Waals surface area contributed by atoms with Crippen molar-refractivity contribution in [3.8, 4) is 0 Å². The van der Waals surface area contributed by atoms with E-state index in [1.807, 2.05) is 0 Å². The molecule has 0 aromatic carbocycles. The van der Waals surface area contributed by atoms with Crippen LogP contribution in [-0.4, -0.2) is 17.9 Å². The molecule has 1 aliphatic carbocycles. The summed E-state index contributed by atoms with van der Waals surface area (Å²) in [6.45, 7) is 2.83. The van der Waals surface area contributed by atoms with Gasteiger partial charge >= 0.3 is 0 Å². The smallest absolute Gasteiger partial charge is 0.148 e. The Bertz CT molecular complexity index is 213. The van der Waals surface area contributed by atoms with Crippen molar-refractivity contribution in [1.82, 2.24) is 5.32 Å². The molecule has 1 aliphatic heterocycles. The zero-order chi connectivity index (χ0) is 9.31. The fourth-order valence-electron chi connectivity index (χ4n) is 2.86. The Labute approximate surface area is 92.2 Å². The summed E-state index contributed by atoms with van der Waals surface area (Å²) in [6.07, 6.45) is 7.50. The van der Waals surface area contributed by atoms with Crippen LogP contribution in [0.3, 0.4) is 0 Å². The molecule has 1 saturated carbocycles. The SMILES string of the molecule is CC1(C2CCCCC2)CC(=O)CN1.Cl. The minimum atomic E-state index is 0. The van der Waals surface area contributed by atoms with Crippen molar-refractivity contribution in [2.45, 2.75) is 51.0 Å². The Morgan fingerprint density at radius 1 is 1.29 bits per heavy atom. The lowest BCUT2D eigenvalue weighted by Crippen LogP contribution is -2.44. The highest BCUT2D eigenvalue weighted by Gasteiger charge is 2.40. The Balaban J connectivity index is 0.000000980. The number of Topliss-reactive ketones (excluding diaryl/α,β-unsaturated/α-hetero) is 1. The van der Waals surface area contributed by atoms with Crippen LogP contribution in [-0.2, 0) is 4.79 Å². The third kappa shape index (κ3) is 2.29. The molecule has 1 unspecified atom stereocenters. The Morgan fingerprint density at radius 3 is 2.43 bits per heavy atom. The first kappa shape index (κ1) is 12.0. The largest absolute Gasteiger partial charge is 0.304 e. The maximum Gasteiger partial charge on any atom is 0.148 e. The van der Waals surface area contributed by atoms with Crippen molar-refractivity contribution in [2.75, 3.05) is 6.54 Å². The topological polar surface area (TPSA) is 29.1 Å². The third-order valence-corrected chi connectivity index (χ3v) is 3.76. The predicted octanol–water partition coefficient (Wildman–Crippen LogP) is 2.31. The molecular formula is C11H20ClNO. The van der Waals surface area contributed by atoms with E-state index < -0.39 is 0 Å². The van der Waals surface area contributed by atoms with Crippen molar-refractivity contribution < 1.29 is 4.79 Å². The summed E-state index contributed by atoms with van der Waals surface area (Å²) in [5, 5.41) is 3.40. The quantitative estimate of drug-likeness (QED) is 0.731. The molecule has 2 aliphatic rings. The minimum Gasteiger partial charge on any atom is -0.304 e. The van der Waals surface area contributed by atoms with Gasteiger partial charge in [-0.3, -0.25) is 4.79 Å². The number of halogens is 1. The van der Waals surface area contributed by atoms with Crippen LogP contribution >= 0.6 is 12.4 Å². The molecule has 0 spiro atoms. The van der Waals surface area contributed by atoms with E-state index in [2.05, 4.69) is 12.2 Å². The normalized spacial score (nSPS) is 34.2. The molecule has 1 atom stereocenters. The van der Waals surface area contributed by atoms with Gasteiger partial charge in [0, 0.05) is 12.0 Å². The van der Waals surface area contributed by atoms with E-state index >= 15 is 0 Å². The second-order valence-corrected chi connectivity index (χ2v) is 4.82. The molecule has 14 heavy (non-hydrogen) atoms. The van der Waals surface area contributed by atoms with Gasteiger partial charge in [0.05, 0.1) is 6.54 Å². The summed E-state index contributed by atoms with van der Waals surface area (Å²) in [6, 6.07) is 0. The van der Waals surface area contributed by atoms with E-state index in [0.29, 0.717) is 12.3 Å². The lowest BCUT2D eigenvalue weighted by Gasteiger charge is -2.36. The van der Waals surface area contributed by atoms with E-state index in [-0.39, 0.29) is 17.9 Å². The van der Waals surface area contributed by atoms with Crippen LogP contribution in [0.4, 0.5) is 0 Å². The lowest BCUT2D eigenvalue weighted by atomic mass is 9.75. The standard InChI is InChI=1S/C11H19NO.ClH/c1-11(7-10(13)8-12-11)9-5-3-2-4-6-9;/h9,12H,2-8H2,1H3;1H. The molecule has 0 radical (unpaired) electrons. The van der Waals surface area contributed by atoms with Crippen LogP contribution in [0.2, 0.25) is 0 Å². The number of hydrogen-bond donors (Lipinski definition) is 1. The average molecular weight is 218 g/mol. The van der Waals surface area contributed by atoms with Gasteiger partial charge in [-0.05, 0) is 25.7 Å². The Morgan fingerprint density at radius 2 is 1.93 bits per heavy atom. The number of carbonyl (C=O) groups is 1. The van der Waals surface area contributed by atoms with Crippen LogP contribution < -0.4 is 5.32 Å². The predicted molar refractivity (Wildman–Crippen MR) is 59.9 cm³/mol. The van der Waals surface area contributed by atoms with E-state index in [1.165, 1.54) is 32.1 Å². The molecule has 2 nitrogen and oxygen atoms in total. The van der Waals surface area contributed by atoms with Crippen LogP contribution in [0.25, 0.3) is 0 Å². The molecule has 1 heterocycles. The number of rotatable bonds is 1. The molecule has 2 fully saturated rings. The van der Waals surface area contributed by atoms with Gasteiger partial charge in [0.2, 0.25) is 0 Å². The zero-order valence-electron chi connectivity index (χ0n) is 8.84. The average Bonchev–Trinajstić information content (AvgIpc) is 2.49. The van der Waals surface area contributed by atoms with Gasteiger partial charge in [-0.2, -0.15) is 0 Å². The molecule has 1 saturated heterocycles. The molecular weight excluding hydrogens is 198 g/mol. The van der Waals surface area contributed by atoms with Crippen molar-refractivity contribution in [2.24, 2.45) is 5.92 Å². The fraction of sp³-hybridized carbons (Fsp3) is 0.909. The molecule has 2 rings (SSSR count). The lowest BCUT2D eigenvalue weighted by molar-refractivity contribution is -0.116. The summed E-state index contributed by atoms with van der Waals surface area (Å²) < 4.78 is 0. The summed E-state index contributed by atoms with van der Waals surface area (Å²) in [5.74, 6) is 1.14. The highest BCUT2D eigenvalue weighted by molar-refractivity contribution is 5.85. The van der Waals surface area contributed by atoms with Gasteiger partial charge in [-0.1, -0.05) is 19.3 Å². The molecule has 0 aromatic heterocycles. The number of carbonyl (C=O) groups excluding carboxylic acids is 1. The second-order valence-electron chi connectivity index (χ2n) is 4.82. The molecule has 0 aromatic rings. The number of ketones is 1. The maximum atomic E-state index is 11.2. The van der Waals surface area contributed by atoms with Crippen molar-refractivity contribution in [3.63, 3.8) is 0 Å². The van der Waals surface area contributed by atoms with Gasteiger partial charge in [-0.15, -0.1) is 12.4 Å². The molecule has 3 heteroatoms. The zero-order valence-corrected chi connectivity index (χ0v) is 9.66. The first-order chi connectivity index (χ1) is 6.21. The van der Waals surface area contributed by atoms with Crippen molar-refractivity contribution in [3.05, 3.63) is 0 Å².